The zero-order valence-electron chi connectivity index (χ0n) is 9.25. The van der Waals surface area contributed by atoms with Crippen molar-refractivity contribution >= 4 is 29.0 Å². The van der Waals surface area contributed by atoms with Crippen molar-refractivity contribution < 1.29 is 14.3 Å². The zero-order chi connectivity index (χ0) is 12.4. The summed E-state index contributed by atoms with van der Waals surface area (Å²) in [5.74, 6) is -1.42. The minimum absolute atomic E-state index is 0.0283. The lowest BCUT2D eigenvalue weighted by atomic mass is 10.4. The standard InChI is InChI=1S/C9H17N3O3S/c1-2-15-5-3-4-11-8(13)9(14)12-6-7(10)16/h2-6H2,1H3,(H2,10,16)(H,11,13)(H,12,14). The molecule has 0 heterocycles. The highest BCUT2D eigenvalue weighted by molar-refractivity contribution is 7.80. The van der Waals surface area contributed by atoms with Crippen molar-refractivity contribution in [2.24, 2.45) is 5.73 Å². The average Bonchev–Trinajstić information content (AvgIpc) is 2.25. The predicted molar refractivity (Wildman–Crippen MR) is 63.9 cm³/mol. The molecule has 2 amide bonds. The van der Waals surface area contributed by atoms with Gasteiger partial charge in [-0.2, -0.15) is 0 Å². The molecule has 0 aromatic heterocycles. The molecule has 0 spiro atoms. The Balaban J connectivity index is 3.55. The smallest absolute Gasteiger partial charge is 0.309 e. The Morgan fingerprint density at radius 2 is 1.94 bits per heavy atom. The first-order chi connectivity index (χ1) is 7.57. The first kappa shape index (κ1) is 14.8. The van der Waals surface area contributed by atoms with E-state index in [1.54, 1.807) is 0 Å². The van der Waals surface area contributed by atoms with Crippen molar-refractivity contribution in [2.75, 3.05) is 26.3 Å². The molecule has 0 saturated heterocycles. The van der Waals surface area contributed by atoms with E-state index < -0.39 is 11.8 Å². The van der Waals surface area contributed by atoms with Gasteiger partial charge in [0, 0.05) is 19.8 Å². The summed E-state index contributed by atoms with van der Waals surface area (Å²) < 4.78 is 5.07. The number of rotatable bonds is 7. The van der Waals surface area contributed by atoms with Gasteiger partial charge in [-0.15, -0.1) is 0 Å². The zero-order valence-corrected chi connectivity index (χ0v) is 10.1. The van der Waals surface area contributed by atoms with E-state index in [9.17, 15) is 9.59 Å². The van der Waals surface area contributed by atoms with Gasteiger partial charge < -0.3 is 21.1 Å². The monoisotopic (exact) mass is 247 g/mol. The van der Waals surface area contributed by atoms with E-state index in [0.29, 0.717) is 26.2 Å². The highest BCUT2D eigenvalue weighted by atomic mass is 32.1. The van der Waals surface area contributed by atoms with Crippen molar-refractivity contribution in [3.05, 3.63) is 0 Å². The molecule has 0 aromatic carbocycles. The van der Waals surface area contributed by atoms with Crippen LogP contribution in [0.4, 0.5) is 0 Å². The molecule has 0 aliphatic heterocycles. The summed E-state index contributed by atoms with van der Waals surface area (Å²) in [6.45, 7) is 3.52. The molecule has 0 fully saturated rings. The van der Waals surface area contributed by atoms with Gasteiger partial charge in [-0.1, -0.05) is 12.2 Å². The lowest BCUT2D eigenvalue weighted by Gasteiger charge is -2.05. The molecule has 0 rings (SSSR count). The average molecular weight is 247 g/mol. The van der Waals surface area contributed by atoms with E-state index in [-0.39, 0.29) is 11.5 Å². The normalized spacial score (nSPS) is 9.56. The maximum Gasteiger partial charge on any atom is 0.309 e. The molecule has 0 atom stereocenters. The summed E-state index contributed by atoms with van der Waals surface area (Å²) in [5, 5.41) is 4.74. The molecule has 6 nitrogen and oxygen atoms in total. The summed E-state index contributed by atoms with van der Waals surface area (Å²) in [4.78, 5) is 22.4. The second-order valence-electron chi connectivity index (χ2n) is 2.96. The van der Waals surface area contributed by atoms with Gasteiger partial charge in [0.2, 0.25) is 0 Å². The third-order valence-electron chi connectivity index (χ3n) is 1.58. The molecule has 4 N–H and O–H groups in total. The molecule has 16 heavy (non-hydrogen) atoms. The van der Waals surface area contributed by atoms with Gasteiger partial charge in [0.1, 0.15) is 0 Å². The van der Waals surface area contributed by atoms with E-state index in [0.717, 1.165) is 0 Å². The summed E-state index contributed by atoms with van der Waals surface area (Å²) in [7, 11) is 0. The molecule has 0 aromatic rings. The molecular weight excluding hydrogens is 230 g/mol. The van der Waals surface area contributed by atoms with Crippen LogP contribution in [-0.4, -0.2) is 43.1 Å². The third-order valence-corrected chi connectivity index (χ3v) is 1.73. The maximum atomic E-state index is 11.1. The molecule has 0 unspecified atom stereocenters. The van der Waals surface area contributed by atoms with Crippen LogP contribution in [0.5, 0.6) is 0 Å². The Morgan fingerprint density at radius 1 is 1.31 bits per heavy atom. The first-order valence-corrected chi connectivity index (χ1v) is 5.40. The van der Waals surface area contributed by atoms with Gasteiger partial charge in [0.05, 0.1) is 11.5 Å². The number of thiocarbonyl (C=S) groups is 1. The molecule has 0 bridgehead atoms. The SMILES string of the molecule is CCOCCCNC(=O)C(=O)NCC(N)=S. The number of hydrogen-bond acceptors (Lipinski definition) is 4. The van der Waals surface area contributed by atoms with Crippen LogP contribution in [0.1, 0.15) is 13.3 Å². The van der Waals surface area contributed by atoms with E-state index in [1.165, 1.54) is 0 Å². The Labute approximate surface area is 99.9 Å². The van der Waals surface area contributed by atoms with Crippen molar-refractivity contribution in [3.8, 4) is 0 Å². The maximum absolute atomic E-state index is 11.1. The van der Waals surface area contributed by atoms with Gasteiger partial charge >= 0.3 is 11.8 Å². The van der Waals surface area contributed by atoms with E-state index in [2.05, 4.69) is 22.9 Å². The number of nitrogens with two attached hydrogens (primary N) is 1. The number of carbonyl (C=O) groups excluding carboxylic acids is 2. The number of nitrogens with one attached hydrogen (secondary N) is 2. The third kappa shape index (κ3) is 8.13. The number of amides is 2. The van der Waals surface area contributed by atoms with Crippen molar-refractivity contribution in [3.63, 3.8) is 0 Å². The summed E-state index contributed by atoms with van der Waals surface area (Å²) >= 11 is 4.55. The Kier molecular flexibility index (Phi) is 8.36. The van der Waals surface area contributed by atoms with Crippen molar-refractivity contribution in [2.45, 2.75) is 13.3 Å². The van der Waals surface area contributed by atoms with Crippen LogP contribution in [0.15, 0.2) is 0 Å². The summed E-state index contributed by atoms with van der Waals surface area (Å²) in [6.07, 6.45) is 0.669. The Bertz CT molecular complexity index is 258. The van der Waals surface area contributed by atoms with Crippen LogP contribution in [0, 0.1) is 0 Å². The molecule has 92 valence electrons. The van der Waals surface area contributed by atoms with Gasteiger partial charge in [0.25, 0.3) is 0 Å². The Morgan fingerprint density at radius 3 is 2.50 bits per heavy atom. The van der Waals surface area contributed by atoms with E-state index in [4.69, 9.17) is 10.5 Å². The van der Waals surface area contributed by atoms with Gasteiger partial charge in [-0.3, -0.25) is 9.59 Å². The number of hydrogen-bond donors (Lipinski definition) is 3. The van der Waals surface area contributed by atoms with E-state index in [1.807, 2.05) is 6.92 Å². The fourth-order valence-electron chi connectivity index (χ4n) is 0.848. The molecule has 7 heteroatoms. The van der Waals surface area contributed by atoms with Crippen molar-refractivity contribution in [1.82, 2.24) is 10.6 Å². The fourth-order valence-corrected chi connectivity index (χ4v) is 0.921. The number of ether oxygens (including phenoxy) is 1. The molecule has 0 aliphatic rings. The quantitative estimate of drug-likeness (QED) is 0.303. The van der Waals surface area contributed by atoms with Gasteiger partial charge in [-0.25, -0.2) is 0 Å². The lowest BCUT2D eigenvalue weighted by molar-refractivity contribution is -0.139. The van der Waals surface area contributed by atoms with Crippen LogP contribution in [-0.2, 0) is 14.3 Å². The largest absolute Gasteiger partial charge is 0.392 e. The molecule has 0 aliphatic carbocycles. The van der Waals surface area contributed by atoms with Crippen LogP contribution < -0.4 is 16.4 Å². The predicted octanol–water partition coefficient (Wildman–Crippen LogP) is -1.07. The van der Waals surface area contributed by atoms with Crippen LogP contribution in [0.25, 0.3) is 0 Å². The van der Waals surface area contributed by atoms with Crippen LogP contribution in [0.2, 0.25) is 0 Å². The van der Waals surface area contributed by atoms with Crippen molar-refractivity contribution in [1.29, 1.82) is 0 Å². The van der Waals surface area contributed by atoms with Gasteiger partial charge in [-0.05, 0) is 13.3 Å². The molecular formula is C9H17N3O3S. The Hall–Kier alpha value is -1.21. The highest BCUT2D eigenvalue weighted by Gasteiger charge is 2.11. The van der Waals surface area contributed by atoms with Crippen LogP contribution in [0.3, 0.4) is 0 Å². The summed E-state index contributed by atoms with van der Waals surface area (Å²) in [5.41, 5.74) is 5.16. The van der Waals surface area contributed by atoms with Gasteiger partial charge in [0.15, 0.2) is 0 Å². The first-order valence-electron chi connectivity index (χ1n) is 5.00. The second kappa shape index (κ2) is 9.05. The topological polar surface area (TPSA) is 93.4 Å². The minimum atomic E-state index is -0.732. The fraction of sp³-hybridized carbons (Fsp3) is 0.667. The second-order valence-corrected chi connectivity index (χ2v) is 3.48. The highest BCUT2D eigenvalue weighted by Crippen LogP contribution is 1.80. The number of carbonyl (C=O) groups is 2. The van der Waals surface area contributed by atoms with E-state index >= 15 is 0 Å². The lowest BCUT2D eigenvalue weighted by Crippen LogP contribution is -2.43. The molecule has 0 saturated carbocycles. The minimum Gasteiger partial charge on any atom is -0.392 e. The van der Waals surface area contributed by atoms with Crippen LogP contribution >= 0.6 is 12.2 Å². The summed E-state index contributed by atoms with van der Waals surface area (Å²) in [6, 6.07) is 0. The molecule has 0 radical (unpaired) electrons.